The molecule has 8 aromatic carbocycles. The zero-order valence-electron chi connectivity index (χ0n) is 30.4. The van der Waals surface area contributed by atoms with Crippen molar-refractivity contribution in [2.24, 2.45) is 0 Å². The Bertz CT molecular complexity index is 3710. The highest BCUT2D eigenvalue weighted by Gasteiger charge is 2.22. The molecule has 0 radical (unpaired) electrons. The topological polar surface area (TPSA) is 61.2 Å². The molecule has 5 aromatic heterocycles. The standard InChI is InChI=1S/C51H29N5O/c1-2-13-30(14-3-1)49-52-50(31-15-10-16-32(27-31)55-41-23-7-4-17-33(41)34-18-5-8-24-42(34)55)54-51(53-49)38-22-12-26-45-47(38)40-28-44-39(29-46(40)57-45)37-21-11-20-36-35-19-6-9-25-43(35)56(44)48(36)37/h1-29H. The normalized spacial score (nSPS) is 12.2. The molecule has 5 heterocycles. The summed E-state index contributed by atoms with van der Waals surface area (Å²) in [5, 5.41) is 9.35. The molecule has 57 heavy (non-hydrogen) atoms. The van der Waals surface area contributed by atoms with Gasteiger partial charge in [-0.1, -0.05) is 127 Å². The number of hydrogen-bond donors (Lipinski definition) is 0. The zero-order chi connectivity index (χ0) is 37.2. The van der Waals surface area contributed by atoms with Gasteiger partial charge in [0, 0.05) is 65.5 Å². The van der Waals surface area contributed by atoms with Crippen LogP contribution in [0.4, 0.5) is 0 Å². The van der Waals surface area contributed by atoms with Crippen LogP contribution in [-0.2, 0) is 0 Å². The van der Waals surface area contributed by atoms with Gasteiger partial charge in [0.2, 0.25) is 0 Å². The van der Waals surface area contributed by atoms with Crippen LogP contribution in [0.15, 0.2) is 180 Å². The van der Waals surface area contributed by atoms with E-state index in [4.69, 9.17) is 19.4 Å². The largest absolute Gasteiger partial charge is 0.456 e. The quantitative estimate of drug-likeness (QED) is 0.181. The van der Waals surface area contributed by atoms with Crippen molar-refractivity contribution in [3.8, 4) is 39.9 Å². The van der Waals surface area contributed by atoms with Crippen molar-refractivity contribution in [1.82, 2.24) is 23.9 Å². The van der Waals surface area contributed by atoms with Crippen LogP contribution >= 0.6 is 0 Å². The number of fused-ring (bicyclic) bond motifs is 12. The fourth-order valence-electron chi connectivity index (χ4n) is 9.26. The first-order chi connectivity index (χ1) is 28.3. The highest BCUT2D eigenvalue weighted by molar-refractivity contribution is 6.26. The summed E-state index contributed by atoms with van der Waals surface area (Å²) in [6.07, 6.45) is 0. The summed E-state index contributed by atoms with van der Waals surface area (Å²) in [4.78, 5) is 15.6. The summed E-state index contributed by atoms with van der Waals surface area (Å²) in [5.41, 5.74) is 11.3. The van der Waals surface area contributed by atoms with Crippen molar-refractivity contribution in [2.75, 3.05) is 0 Å². The average molecular weight is 728 g/mol. The van der Waals surface area contributed by atoms with E-state index in [-0.39, 0.29) is 0 Å². The van der Waals surface area contributed by atoms with Crippen molar-refractivity contribution < 1.29 is 4.42 Å². The van der Waals surface area contributed by atoms with Crippen LogP contribution in [0.25, 0.3) is 122 Å². The average Bonchev–Trinajstić information content (AvgIpc) is 4.01. The molecule has 0 atom stereocenters. The van der Waals surface area contributed by atoms with Crippen molar-refractivity contribution in [1.29, 1.82) is 0 Å². The van der Waals surface area contributed by atoms with E-state index in [1.807, 2.05) is 42.5 Å². The predicted octanol–water partition coefficient (Wildman–Crippen LogP) is 13.0. The summed E-state index contributed by atoms with van der Waals surface area (Å²) in [7, 11) is 0. The maximum Gasteiger partial charge on any atom is 0.164 e. The van der Waals surface area contributed by atoms with E-state index in [1.165, 1.54) is 43.4 Å². The van der Waals surface area contributed by atoms with Crippen LogP contribution in [0.2, 0.25) is 0 Å². The summed E-state index contributed by atoms with van der Waals surface area (Å²) in [5.74, 6) is 1.80. The first-order valence-electron chi connectivity index (χ1n) is 19.2. The first kappa shape index (κ1) is 30.5. The lowest BCUT2D eigenvalue weighted by Crippen LogP contribution is -2.01. The Hall–Kier alpha value is -7.83. The molecule has 0 saturated carbocycles. The fourth-order valence-corrected chi connectivity index (χ4v) is 9.26. The maximum absolute atomic E-state index is 6.67. The zero-order valence-corrected chi connectivity index (χ0v) is 30.4. The summed E-state index contributed by atoms with van der Waals surface area (Å²) in [6.45, 7) is 0. The molecule has 0 aliphatic rings. The monoisotopic (exact) mass is 727 g/mol. The Labute approximate surface area is 324 Å². The molecule has 0 N–H and O–H groups in total. The second-order valence-corrected chi connectivity index (χ2v) is 14.8. The minimum Gasteiger partial charge on any atom is -0.456 e. The smallest absolute Gasteiger partial charge is 0.164 e. The highest BCUT2D eigenvalue weighted by Crippen LogP contribution is 2.44. The van der Waals surface area contributed by atoms with Gasteiger partial charge in [-0.25, -0.2) is 15.0 Å². The molecule has 0 amide bonds. The van der Waals surface area contributed by atoms with Crippen molar-refractivity contribution >= 4 is 81.8 Å². The molecular weight excluding hydrogens is 699 g/mol. The van der Waals surface area contributed by atoms with Gasteiger partial charge >= 0.3 is 0 Å². The van der Waals surface area contributed by atoms with Crippen LogP contribution in [-0.4, -0.2) is 23.9 Å². The third-order valence-electron chi connectivity index (χ3n) is 11.7. The Morgan fingerprint density at radius 1 is 0.368 bits per heavy atom. The van der Waals surface area contributed by atoms with E-state index in [1.54, 1.807) is 0 Å². The molecule has 13 rings (SSSR count). The maximum atomic E-state index is 6.67. The Kier molecular flexibility index (Phi) is 6.07. The van der Waals surface area contributed by atoms with E-state index in [0.717, 1.165) is 60.9 Å². The molecule has 0 aliphatic heterocycles. The molecular formula is C51H29N5O. The fraction of sp³-hybridized carbons (Fsp3) is 0. The van der Waals surface area contributed by atoms with Crippen molar-refractivity contribution in [3.63, 3.8) is 0 Å². The lowest BCUT2D eigenvalue weighted by atomic mass is 10.0. The number of nitrogens with zero attached hydrogens (tertiary/aromatic N) is 5. The molecule has 0 fully saturated rings. The van der Waals surface area contributed by atoms with Gasteiger partial charge in [-0.3, -0.25) is 0 Å². The van der Waals surface area contributed by atoms with E-state index < -0.39 is 0 Å². The predicted molar refractivity (Wildman–Crippen MR) is 232 cm³/mol. The summed E-state index contributed by atoms with van der Waals surface area (Å²) < 4.78 is 11.4. The SMILES string of the molecule is c1ccc(-c2nc(-c3cccc(-n4c5ccccc5c5ccccc54)c3)nc(-c3cccc4oc5cc6c7cccc8c9ccccc9n(c6cc5c34)c87)n2)cc1. The molecule has 0 saturated heterocycles. The molecule has 0 bridgehead atoms. The number of aromatic nitrogens is 5. The van der Waals surface area contributed by atoms with E-state index in [9.17, 15) is 0 Å². The molecule has 0 unspecified atom stereocenters. The van der Waals surface area contributed by atoms with Gasteiger partial charge in [-0.15, -0.1) is 0 Å². The van der Waals surface area contributed by atoms with Gasteiger partial charge in [0.1, 0.15) is 11.2 Å². The lowest BCUT2D eigenvalue weighted by Gasteiger charge is -2.12. The Balaban J connectivity index is 1.06. The number of benzene rings is 8. The van der Waals surface area contributed by atoms with Crippen LogP contribution in [0.5, 0.6) is 0 Å². The van der Waals surface area contributed by atoms with Gasteiger partial charge in [0.15, 0.2) is 17.5 Å². The van der Waals surface area contributed by atoms with Gasteiger partial charge < -0.3 is 13.4 Å². The van der Waals surface area contributed by atoms with Crippen LogP contribution in [0.3, 0.4) is 0 Å². The van der Waals surface area contributed by atoms with Crippen LogP contribution in [0.1, 0.15) is 0 Å². The number of furan rings is 1. The third-order valence-corrected chi connectivity index (χ3v) is 11.7. The lowest BCUT2D eigenvalue weighted by molar-refractivity contribution is 0.669. The second-order valence-electron chi connectivity index (χ2n) is 14.8. The van der Waals surface area contributed by atoms with Gasteiger partial charge in [-0.2, -0.15) is 0 Å². The summed E-state index contributed by atoms with van der Waals surface area (Å²) in [6, 6.07) is 61.7. The number of para-hydroxylation sites is 4. The molecule has 6 nitrogen and oxygen atoms in total. The Morgan fingerprint density at radius 3 is 1.72 bits per heavy atom. The van der Waals surface area contributed by atoms with Gasteiger partial charge in [0.25, 0.3) is 0 Å². The van der Waals surface area contributed by atoms with Crippen LogP contribution < -0.4 is 0 Å². The Morgan fingerprint density at radius 2 is 0.947 bits per heavy atom. The van der Waals surface area contributed by atoms with E-state index >= 15 is 0 Å². The molecule has 264 valence electrons. The van der Waals surface area contributed by atoms with Crippen molar-refractivity contribution in [2.45, 2.75) is 0 Å². The number of rotatable bonds is 4. The molecule has 6 heteroatoms. The molecule has 0 aliphatic carbocycles. The van der Waals surface area contributed by atoms with E-state index in [0.29, 0.717) is 17.5 Å². The molecule has 0 spiro atoms. The minimum absolute atomic E-state index is 0.590. The minimum atomic E-state index is 0.590. The second kappa shape index (κ2) is 11.4. The van der Waals surface area contributed by atoms with Crippen LogP contribution in [0, 0.1) is 0 Å². The third kappa shape index (κ3) is 4.26. The van der Waals surface area contributed by atoms with E-state index in [2.05, 4.69) is 142 Å². The van der Waals surface area contributed by atoms with Gasteiger partial charge in [-0.05, 0) is 48.5 Å². The first-order valence-corrected chi connectivity index (χ1v) is 19.2. The molecule has 13 aromatic rings. The van der Waals surface area contributed by atoms with Crippen molar-refractivity contribution in [3.05, 3.63) is 176 Å². The summed E-state index contributed by atoms with van der Waals surface area (Å²) >= 11 is 0. The van der Waals surface area contributed by atoms with Gasteiger partial charge in [0.05, 0.1) is 27.6 Å². The number of hydrogen-bond acceptors (Lipinski definition) is 4. The highest BCUT2D eigenvalue weighted by atomic mass is 16.3.